The average molecular weight is 250 g/mol. The van der Waals surface area contributed by atoms with Crippen molar-refractivity contribution in [3.8, 4) is 5.75 Å². The molecule has 1 unspecified atom stereocenters. The highest BCUT2D eigenvalue weighted by molar-refractivity contribution is 5.77. The summed E-state index contributed by atoms with van der Waals surface area (Å²) in [5.74, 6) is 1.07. The van der Waals surface area contributed by atoms with Gasteiger partial charge in [0.25, 0.3) is 5.91 Å². The van der Waals surface area contributed by atoms with Gasteiger partial charge in [0, 0.05) is 17.8 Å². The molecule has 0 saturated carbocycles. The van der Waals surface area contributed by atoms with E-state index < -0.39 is 0 Å². The number of amides is 1. The van der Waals surface area contributed by atoms with Crippen LogP contribution in [0.3, 0.4) is 0 Å². The van der Waals surface area contributed by atoms with Crippen LogP contribution < -0.4 is 15.8 Å². The number of rotatable bonds is 6. The normalized spacial score (nSPS) is 12.2. The van der Waals surface area contributed by atoms with Crippen molar-refractivity contribution < 1.29 is 9.53 Å². The molecule has 3 N–H and O–H groups in total. The van der Waals surface area contributed by atoms with Gasteiger partial charge in [-0.1, -0.05) is 19.9 Å². The van der Waals surface area contributed by atoms with Gasteiger partial charge in [0.05, 0.1) is 0 Å². The number of ether oxygens (including phenoxy) is 1. The molecule has 1 amide bonds. The third-order valence-electron chi connectivity index (χ3n) is 2.46. The molecule has 0 aliphatic heterocycles. The van der Waals surface area contributed by atoms with E-state index in [-0.39, 0.29) is 18.6 Å². The Kier molecular flexibility index (Phi) is 5.49. The van der Waals surface area contributed by atoms with E-state index in [4.69, 9.17) is 10.5 Å². The molecule has 0 saturated heterocycles. The van der Waals surface area contributed by atoms with Gasteiger partial charge in [0.1, 0.15) is 5.75 Å². The molecule has 0 radical (unpaired) electrons. The maximum Gasteiger partial charge on any atom is 0.258 e. The van der Waals surface area contributed by atoms with Crippen LogP contribution in [-0.2, 0) is 4.79 Å². The summed E-state index contributed by atoms with van der Waals surface area (Å²) in [6, 6.07) is 7.22. The van der Waals surface area contributed by atoms with Crippen molar-refractivity contribution in [2.45, 2.75) is 33.2 Å². The van der Waals surface area contributed by atoms with Gasteiger partial charge >= 0.3 is 0 Å². The Morgan fingerprint density at radius 2 is 2.11 bits per heavy atom. The highest BCUT2D eigenvalue weighted by atomic mass is 16.5. The second-order valence-corrected chi connectivity index (χ2v) is 4.96. The van der Waals surface area contributed by atoms with E-state index in [0.717, 1.165) is 6.42 Å². The van der Waals surface area contributed by atoms with Gasteiger partial charge in [-0.3, -0.25) is 4.79 Å². The quantitative estimate of drug-likeness (QED) is 0.761. The van der Waals surface area contributed by atoms with E-state index in [1.807, 2.05) is 6.92 Å². The smallest absolute Gasteiger partial charge is 0.258 e. The maximum atomic E-state index is 11.6. The molecule has 1 aromatic carbocycles. The number of carbonyl (C=O) groups excluding carboxylic acids is 1. The van der Waals surface area contributed by atoms with Gasteiger partial charge in [-0.2, -0.15) is 0 Å². The minimum absolute atomic E-state index is 0.0197. The molecule has 4 nitrogen and oxygen atoms in total. The van der Waals surface area contributed by atoms with Gasteiger partial charge in [-0.25, -0.2) is 0 Å². The highest BCUT2D eigenvalue weighted by Gasteiger charge is 2.09. The lowest BCUT2D eigenvalue weighted by Gasteiger charge is -2.16. The molecule has 0 aliphatic carbocycles. The maximum absolute atomic E-state index is 11.6. The largest absolute Gasteiger partial charge is 0.484 e. The topological polar surface area (TPSA) is 64.3 Å². The number of hydrogen-bond acceptors (Lipinski definition) is 3. The molecule has 0 fully saturated rings. The first kappa shape index (κ1) is 14.4. The zero-order valence-corrected chi connectivity index (χ0v) is 11.3. The van der Waals surface area contributed by atoms with Crippen LogP contribution in [0.1, 0.15) is 27.2 Å². The fourth-order valence-corrected chi connectivity index (χ4v) is 1.84. The molecule has 0 aliphatic rings. The van der Waals surface area contributed by atoms with Crippen LogP contribution in [0.2, 0.25) is 0 Å². The molecule has 0 spiro atoms. The van der Waals surface area contributed by atoms with Gasteiger partial charge in [0.2, 0.25) is 0 Å². The van der Waals surface area contributed by atoms with E-state index in [1.165, 1.54) is 0 Å². The molecule has 100 valence electrons. The van der Waals surface area contributed by atoms with E-state index in [1.54, 1.807) is 24.3 Å². The summed E-state index contributed by atoms with van der Waals surface area (Å²) in [6.07, 6.45) is 0.962. The van der Waals surface area contributed by atoms with Crippen LogP contribution in [0.5, 0.6) is 5.75 Å². The Balaban J connectivity index is 2.33. The van der Waals surface area contributed by atoms with Crippen LogP contribution >= 0.6 is 0 Å². The number of benzene rings is 1. The van der Waals surface area contributed by atoms with Crippen molar-refractivity contribution in [2.75, 3.05) is 12.3 Å². The Hall–Kier alpha value is -1.71. The standard InChI is InChI=1S/C14H22N2O2/c1-10(2)7-11(3)16-14(17)9-18-13-6-4-5-12(15)8-13/h4-6,8,10-11H,7,9,15H2,1-3H3,(H,16,17). The Morgan fingerprint density at radius 1 is 1.39 bits per heavy atom. The lowest BCUT2D eigenvalue weighted by Crippen LogP contribution is -2.36. The Morgan fingerprint density at radius 3 is 2.72 bits per heavy atom. The summed E-state index contributed by atoms with van der Waals surface area (Å²) in [7, 11) is 0. The monoisotopic (exact) mass is 250 g/mol. The number of hydrogen-bond donors (Lipinski definition) is 2. The summed E-state index contributed by atoms with van der Waals surface area (Å²) in [5, 5.41) is 2.90. The van der Waals surface area contributed by atoms with Crippen molar-refractivity contribution in [1.29, 1.82) is 0 Å². The van der Waals surface area contributed by atoms with E-state index in [2.05, 4.69) is 19.2 Å². The zero-order valence-electron chi connectivity index (χ0n) is 11.3. The molecule has 1 aromatic rings. The van der Waals surface area contributed by atoms with Gasteiger partial charge in [0.15, 0.2) is 6.61 Å². The average Bonchev–Trinajstić information content (AvgIpc) is 2.25. The molecule has 4 heteroatoms. The molecule has 1 rings (SSSR count). The van der Waals surface area contributed by atoms with Gasteiger partial charge in [-0.15, -0.1) is 0 Å². The summed E-state index contributed by atoms with van der Waals surface area (Å²) in [4.78, 5) is 11.6. The minimum Gasteiger partial charge on any atom is -0.484 e. The third kappa shape index (κ3) is 5.57. The third-order valence-corrected chi connectivity index (χ3v) is 2.46. The Labute approximate surface area is 109 Å². The number of carbonyl (C=O) groups is 1. The van der Waals surface area contributed by atoms with Crippen molar-refractivity contribution in [3.05, 3.63) is 24.3 Å². The fraction of sp³-hybridized carbons (Fsp3) is 0.500. The van der Waals surface area contributed by atoms with Crippen LogP contribution in [-0.4, -0.2) is 18.6 Å². The first-order valence-electron chi connectivity index (χ1n) is 6.25. The first-order chi connectivity index (χ1) is 8.47. The van der Waals surface area contributed by atoms with Crippen molar-refractivity contribution in [3.63, 3.8) is 0 Å². The van der Waals surface area contributed by atoms with Crippen molar-refractivity contribution in [2.24, 2.45) is 5.92 Å². The van der Waals surface area contributed by atoms with E-state index in [0.29, 0.717) is 17.4 Å². The second kappa shape index (κ2) is 6.89. The summed E-state index contributed by atoms with van der Waals surface area (Å²) in [5.41, 5.74) is 6.25. The van der Waals surface area contributed by atoms with Gasteiger partial charge < -0.3 is 15.8 Å². The van der Waals surface area contributed by atoms with Crippen molar-refractivity contribution >= 4 is 11.6 Å². The van der Waals surface area contributed by atoms with E-state index >= 15 is 0 Å². The number of nitrogen functional groups attached to an aromatic ring is 1. The zero-order chi connectivity index (χ0) is 13.5. The minimum atomic E-state index is -0.106. The number of nitrogens with two attached hydrogens (primary N) is 1. The Bertz CT molecular complexity index is 391. The fourth-order valence-electron chi connectivity index (χ4n) is 1.84. The summed E-state index contributed by atoms with van der Waals surface area (Å²) in [6.45, 7) is 6.28. The lowest BCUT2D eigenvalue weighted by molar-refractivity contribution is -0.123. The number of anilines is 1. The highest BCUT2D eigenvalue weighted by Crippen LogP contribution is 2.14. The first-order valence-corrected chi connectivity index (χ1v) is 6.25. The predicted octanol–water partition coefficient (Wildman–Crippen LogP) is 2.20. The molecule has 0 heterocycles. The second-order valence-electron chi connectivity index (χ2n) is 4.96. The SMILES string of the molecule is CC(C)CC(C)NC(=O)COc1cccc(N)c1. The van der Waals surface area contributed by atoms with Crippen molar-refractivity contribution in [1.82, 2.24) is 5.32 Å². The number of nitrogens with one attached hydrogen (secondary N) is 1. The van der Waals surface area contributed by atoms with Crippen LogP contribution in [0.25, 0.3) is 0 Å². The van der Waals surface area contributed by atoms with E-state index in [9.17, 15) is 4.79 Å². The van der Waals surface area contributed by atoms with Crippen LogP contribution in [0.15, 0.2) is 24.3 Å². The van der Waals surface area contributed by atoms with Gasteiger partial charge in [-0.05, 0) is 31.4 Å². The molecular weight excluding hydrogens is 228 g/mol. The summed E-state index contributed by atoms with van der Waals surface area (Å²) < 4.78 is 5.36. The molecule has 0 bridgehead atoms. The van der Waals surface area contributed by atoms with Crippen LogP contribution in [0.4, 0.5) is 5.69 Å². The molecule has 0 aromatic heterocycles. The molecular formula is C14H22N2O2. The van der Waals surface area contributed by atoms with Crippen LogP contribution in [0, 0.1) is 5.92 Å². The predicted molar refractivity (Wildman–Crippen MR) is 73.4 cm³/mol. The lowest BCUT2D eigenvalue weighted by atomic mass is 10.1. The molecule has 18 heavy (non-hydrogen) atoms. The summed E-state index contributed by atoms with van der Waals surface area (Å²) >= 11 is 0. The molecule has 1 atom stereocenters.